The molecule has 1 aromatic carbocycles. The molecule has 1 saturated heterocycles. The molecule has 4 aliphatic carbocycles. The second-order valence-electron chi connectivity index (χ2n) is 7.98. The van der Waals surface area contributed by atoms with Gasteiger partial charge in [0.05, 0.1) is 18.3 Å². The minimum atomic E-state index is -0.436. The predicted molar refractivity (Wildman–Crippen MR) is 97.3 cm³/mol. The van der Waals surface area contributed by atoms with Gasteiger partial charge in [0.1, 0.15) is 6.61 Å². The topological polar surface area (TPSA) is 63.7 Å². The van der Waals surface area contributed by atoms with Gasteiger partial charge >= 0.3 is 5.97 Å². The van der Waals surface area contributed by atoms with Gasteiger partial charge in [-0.3, -0.25) is 19.3 Å². The van der Waals surface area contributed by atoms with E-state index in [4.69, 9.17) is 16.3 Å². The molecule has 0 radical (unpaired) electrons. The summed E-state index contributed by atoms with van der Waals surface area (Å²) in [7, 11) is 0. The highest BCUT2D eigenvalue weighted by molar-refractivity contribution is 6.31. The normalized spacial score (nSPS) is 35.2. The SMILES string of the molecule is O=C(CCN1C(=O)[C@@H]2[C@H]3C=C[C@@H]([C@@H]4C[C@H]34)[C@H]2C1=O)OCc1ccccc1Cl. The Labute approximate surface area is 162 Å². The van der Waals surface area contributed by atoms with Gasteiger partial charge in [0, 0.05) is 17.1 Å². The van der Waals surface area contributed by atoms with Crippen molar-refractivity contribution in [3.8, 4) is 0 Å². The van der Waals surface area contributed by atoms with Crippen molar-refractivity contribution < 1.29 is 19.1 Å². The molecule has 6 heteroatoms. The van der Waals surface area contributed by atoms with Gasteiger partial charge in [-0.15, -0.1) is 0 Å². The van der Waals surface area contributed by atoms with Gasteiger partial charge in [0.15, 0.2) is 0 Å². The third kappa shape index (κ3) is 2.63. The summed E-state index contributed by atoms with van der Waals surface area (Å²) in [5.41, 5.74) is 0.730. The van der Waals surface area contributed by atoms with Crippen LogP contribution in [0.2, 0.25) is 5.02 Å². The van der Waals surface area contributed by atoms with Crippen LogP contribution in [0.3, 0.4) is 0 Å². The highest BCUT2D eigenvalue weighted by atomic mass is 35.5. The van der Waals surface area contributed by atoms with Crippen molar-refractivity contribution in [1.82, 2.24) is 4.90 Å². The lowest BCUT2D eigenvalue weighted by Gasteiger charge is -2.37. The molecule has 0 unspecified atom stereocenters. The lowest BCUT2D eigenvalue weighted by atomic mass is 9.63. The number of hydrogen-bond acceptors (Lipinski definition) is 4. The number of allylic oxidation sites excluding steroid dienone is 2. The molecule has 1 heterocycles. The van der Waals surface area contributed by atoms with Crippen molar-refractivity contribution in [2.75, 3.05) is 6.54 Å². The summed E-state index contributed by atoms with van der Waals surface area (Å²) in [5, 5.41) is 0.542. The summed E-state index contributed by atoms with van der Waals surface area (Å²) in [6.07, 6.45) is 5.44. The molecule has 6 atom stereocenters. The number of ether oxygens (including phenoxy) is 1. The van der Waals surface area contributed by atoms with Crippen LogP contribution in [0.1, 0.15) is 18.4 Å². The number of carbonyl (C=O) groups excluding carboxylic acids is 3. The summed E-state index contributed by atoms with van der Waals surface area (Å²) in [4.78, 5) is 39.1. The first kappa shape index (κ1) is 17.0. The average molecular weight is 386 g/mol. The summed E-state index contributed by atoms with van der Waals surface area (Å²) >= 11 is 6.05. The van der Waals surface area contributed by atoms with Crippen LogP contribution < -0.4 is 0 Å². The number of amides is 2. The third-order valence-electron chi connectivity index (χ3n) is 6.64. The van der Waals surface area contributed by atoms with Crippen molar-refractivity contribution >= 4 is 29.4 Å². The molecule has 5 nitrogen and oxygen atoms in total. The van der Waals surface area contributed by atoms with E-state index in [2.05, 4.69) is 12.2 Å². The van der Waals surface area contributed by atoms with E-state index in [9.17, 15) is 14.4 Å². The van der Waals surface area contributed by atoms with E-state index in [1.165, 1.54) is 4.90 Å². The lowest BCUT2D eigenvalue weighted by molar-refractivity contribution is -0.146. The molecule has 5 aliphatic rings. The van der Waals surface area contributed by atoms with E-state index in [1.54, 1.807) is 12.1 Å². The zero-order chi connectivity index (χ0) is 18.7. The van der Waals surface area contributed by atoms with Crippen LogP contribution in [0.5, 0.6) is 0 Å². The van der Waals surface area contributed by atoms with Crippen LogP contribution in [-0.2, 0) is 25.7 Å². The summed E-state index contributed by atoms with van der Waals surface area (Å²) < 4.78 is 5.25. The van der Waals surface area contributed by atoms with Crippen LogP contribution in [0.15, 0.2) is 36.4 Å². The molecule has 3 fully saturated rings. The Bertz CT molecular complexity index is 829. The number of hydrogen-bond donors (Lipinski definition) is 0. The van der Waals surface area contributed by atoms with Crippen LogP contribution >= 0.6 is 11.6 Å². The van der Waals surface area contributed by atoms with Crippen LogP contribution in [0.4, 0.5) is 0 Å². The molecule has 27 heavy (non-hydrogen) atoms. The third-order valence-corrected chi connectivity index (χ3v) is 7.01. The fourth-order valence-electron chi connectivity index (χ4n) is 5.29. The highest BCUT2D eigenvalue weighted by Crippen LogP contribution is 2.65. The standard InChI is InChI=1S/C21H20ClNO4/c22-16-4-2-1-3-11(16)10-27-17(24)7-8-23-20(25)18-12-5-6-13(15-9-14(12)15)19(18)21(23)26/h1-6,12-15,18-19H,7-10H2/t12-,13-,14-,15+,18+,19+/m0/s1. The molecule has 0 N–H and O–H groups in total. The molecular formula is C21H20ClNO4. The number of likely N-dealkylation sites (tertiary alicyclic amines) is 1. The van der Waals surface area contributed by atoms with Gasteiger partial charge < -0.3 is 4.74 Å². The minimum absolute atomic E-state index is 0.0109. The number of carbonyl (C=O) groups is 3. The molecule has 0 aromatic heterocycles. The zero-order valence-electron chi connectivity index (χ0n) is 14.7. The second kappa shape index (κ2) is 6.20. The Morgan fingerprint density at radius 2 is 1.70 bits per heavy atom. The quantitative estimate of drug-likeness (QED) is 0.444. The predicted octanol–water partition coefficient (Wildman–Crippen LogP) is 2.83. The van der Waals surface area contributed by atoms with Gasteiger partial charge in [-0.05, 0) is 36.2 Å². The molecule has 1 aliphatic heterocycles. The Hall–Kier alpha value is -2.14. The van der Waals surface area contributed by atoms with Gasteiger partial charge in [-0.25, -0.2) is 0 Å². The minimum Gasteiger partial charge on any atom is -0.461 e. The molecule has 6 rings (SSSR count). The number of nitrogens with zero attached hydrogens (tertiary/aromatic N) is 1. The maximum atomic E-state index is 12.8. The van der Waals surface area contributed by atoms with E-state index >= 15 is 0 Å². The average Bonchev–Trinajstić information content (AvgIpc) is 3.45. The lowest BCUT2D eigenvalue weighted by Crippen LogP contribution is -2.40. The van der Waals surface area contributed by atoms with E-state index in [-0.39, 0.29) is 55.1 Å². The maximum Gasteiger partial charge on any atom is 0.307 e. The van der Waals surface area contributed by atoms with Crippen LogP contribution in [0, 0.1) is 35.5 Å². The van der Waals surface area contributed by atoms with Gasteiger partial charge in [0.25, 0.3) is 0 Å². The van der Waals surface area contributed by atoms with Crippen molar-refractivity contribution in [2.45, 2.75) is 19.4 Å². The molecule has 1 aromatic rings. The largest absolute Gasteiger partial charge is 0.461 e. The Morgan fingerprint density at radius 1 is 1.07 bits per heavy atom. The highest BCUT2D eigenvalue weighted by Gasteiger charge is 2.66. The fourth-order valence-corrected chi connectivity index (χ4v) is 5.48. The summed E-state index contributed by atoms with van der Waals surface area (Å²) in [6.45, 7) is 0.184. The molecule has 2 bridgehead atoms. The number of imide groups is 1. The van der Waals surface area contributed by atoms with E-state index in [1.807, 2.05) is 12.1 Å². The summed E-state index contributed by atoms with van der Waals surface area (Å²) in [5.74, 6) is 0.511. The number of esters is 1. The number of rotatable bonds is 5. The Kier molecular flexibility index (Phi) is 3.90. The van der Waals surface area contributed by atoms with Crippen molar-refractivity contribution in [1.29, 1.82) is 0 Å². The first-order chi connectivity index (χ1) is 13.1. The molecule has 2 saturated carbocycles. The van der Waals surface area contributed by atoms with Crippen molar-refractivity contribution in [2.24, 2.45) is 35.5 Å². The summed E-state index contributed by atoms with van der Waals surface area (Å²) in [6, 6.07) is 7.16. The van der Waals surface area contributed by atoms with Gasteiger partial charge in [-0.2, -0.15) is 0 Å². The van der Waals surface area contributed by atoms with Crippen molar-refractivity contribution in [3.63, 3.8) is 0 Å². The van der Waals surface area contributed by atoms with Crippen LogP contribution in [-0.4, -0.2) is 29.2 Å². The van der Waals surface area contributed by atoms with Gasteiger partial charge in [0.2, 0.25) is 11.8 Å². The molecule has 0 spiro atoms. The van der Waals surface area contributed by atoms with Crippen LogP contribution in [0.25, 0.3) is 0 Å². The molecule has 2 amide bonds. The first-order valence-corrected chi connectivity index (χ1v) is 9.86. The maximum absolute atomic E-state index is 12.8. The van der Waals surface area contributed by atoms with E-state index in [0.29, 0.717) is 16.9 Å². The second-order valence-corrected chi connectivity index (χ2v) is 8.39. The number of benzene rings is 1. The smallest absolute Gasteiger partial charge is 0.307 e. The van der Waals surface area contributed by atoms with Gasteiger partial charge in [-0.1, -0.05) is 42.0 Å². The monoisotopic (exact) mass is 385 g/mol. The van der Waals surface area contributed by atoms with Crippen molar-refractivity contribution in [3.05, 3.63) is 47.0 Å². The Balaban J connectivity index is 1.20. The number of halogens is 1. The fraction of sp³-hybridized carbons (Fsp3) is 0.476. The molecular weight excluding hydrogens is 366 g/mol. The van der Waals surface area contributed by atoms with E-state index in [0.717, 1.165) is 12.0 Å². The first-order valence-electron chi connectivity index (χ1n) is 9.49. The van der Waals surface area contributed by atoms with E-state index < -0.39 is 5.97 Å². The zero-order valence-corrected chi connectivity index (χ0v) is 15.5. The molecule has 140 valence electrons. The Morgan fingerprint density at radius 3 is 2.33 bits per heavy atom.